The molecule has 27 heavy (non-hydrogen) atoms. The van der Waals surface area contributed by atoms with E-state index in [4.69, 9.17) is 16.3 Å². The van der Waals surface area contributed by atoms with Gasteiger partial charge in [-0.25, -0.2) is 4.79 Å². The normalized spacial score (nSPS) is 11.4. The van der Waals surface area contributed by atoms with Crippen LogP contribution in [0.2, 0.25) is 5.02 Å². The van der Waals surface area contributed by atoms with Crippen molar-refractivity contribution in [2.45, 2.75) is 17.1 Å². The molecule has 2 rings (SSSR count). The van der Waals surface area contributed by atoms with Crippen LogP contribution in [0.15, 0.2) is 53.4 Å². The van der Waals surface area contributed by atoms with Gasteiger partial charge >= 0.3 is 11.9 Å². The maximum Gasteiger partial charge on any atom is 0.339 e. The van der Waals surface area contributed by atoms with Crippen LogP contribution in [0.5, 0.6) is 0 Å². The van der Waals surface area contributed by atoms with E-state index < -0.39 is 29.7 Å². The molecular weight excluding hydrogens is 390 g/mol. The summed E-state index contributed by atoms with van der Waals surface area (Å²) in [5, 5.41) is 2.65. The Labute approximate surface area is 166 Å². The fourth-order valence-electron chi connectivity index (χ4n) is 2.09. The topological polar surface area (TPSA) is 81.7 Å². The molecule has 0 bridgehead atoms. The van der Waals surface area contributed by atoms with E-state index in [-0.39, 0.29) is 11.3 Å². The van der Waals surface area contributed by atoms with Crippen LogP contribution in [0.4, 0.5) is 5.69 Å². The Morgan fingerprint density at radius 1 is 1.11 bits per heavy atom. The van der Waals surface area contributed by atoms with Crippen molar-refractivity contribution in [3.05, 3.63) is 59.1 Å². The summed E-state index contributed by atoms with van der Waals surface area (Å²) in [5.74, 6) is -1.65. The Morgan fingerprint density at radius 3 is 2.44 bits per heavy atom. The van der Waals surface area contributed by atoms with Gasteiger partial charge in [-0.1, -0.05) is 23.7 Å². The molecule has 1 amide bonds. The van der Waals surface area contributed by atoms with Crippen molar-refractivity contribution in [2.75, 3.05) is 19.0 Å². The van der Waals surface area contributed by atoms with Crippen LogP contribution in [0.3, 0.4) is 0 Å². The number of para-hydroxylation sites is 1. The number of amides is 1. The van der Waals surface area contributed by atoms with Gasteiger partial charge in [0.15, 0.2) is 6.61 Å². The summed E-state index contributed by atoms with van der Waals surface area (Å²) < 4.78 is 9.71. The third-order valence-electron chi connectivity index (χ3n) is 3.41. The van der Waals surface area contributed by atoms with Crippen molar-refractivity contribution >= 4 is 46.9 Å². The first-order valence-corrected chi connectivity index (χ1v) is 9.22. The lowest BCUT2D eigenvalue weighted by Gasteiger charge is -2.12. The number of carbonyl (C=O) groups is 3. The molecule has 0 aliphatic rings. The second kappa shape index (κ2) is 9.99. The number of nitrogens with one attached hydrogen (secondary N) is 1. The lowest BCUT2D eigenvalue weighted by Crippen LogP contribution is -2.25. The van der Waals surface area contributed by atoms with Crippen LogP contribution in [-0.2, 0) is 19.1 Å². The Bertz CT molecular complexity index is 825. The third-order valence-corrected chi connectivity index (χ3v) is 4.75. The average Bonchev–Trinajstić information content (AvgIpc) is 2.67. The van der Waals surface area contributed by atoms with Gasteiger partial charge in [0.2, 0.25) is 0 Å². The molecule has 8 heteroatoms. The number of esters is 2. The maximum absolute atomic E-state index is 12.1. The van der Waals surface area contributed by atoms with Crippen LogP contribution in [-0.4, -0.2) is 36.8 Å². The summed E-state index contributed by atoms with van der Waals surface area (Å²) in [6.45, 7) is 1.23. The average molecular weight is 408 g/mol. The molecule has 0 spiro atoms. The number of hydrogen-bond donors (Lipinski definition) is 1. The molecule has 2 aromatic rings. The monoisotopic (exact) mass is 407 g/mol. The van der Waals surface area contributed by atoms with E-state index in [2.05, 4.69) is 10.1 Å². The van der Waals surface area contributed by atoms with Gasteiger partial charge in [-0.3, -0.25) is 9.59 Å². The number of rotatable bonds is 7. The van der Waals surface area contributed by atoms with Crippen LogP contribution in [0.25, 0.3) is 0 Å². The zero-order valence-corrected chi connectivity index (χ0v) is 16.3. The first-order valence-electron chi connectivity index (χ1n) is 7.96. The molecule has 0 aromatic heterocycles. The Morgan fingerprint density at radius 2 is 1.78 bits per heavy atom. The second-order valence-corrected chi connectivity index (χ2v) is 7.26. The van der Waals surface area contributed by atoms with Crippen LogP contribution in [0.1, 0.15) is 17.3 Å². The van der Waals surface area contributed by atoms with Crippen LogP contribution in [0, 0.1) is 0 Å². The van der Waals surface area contributed by atoms with Crippen LogP contribution < -0.4 is 5.32 Å². The number of anilines is 1. The van der Waals surface area contributed by atoms with Gasteiger partial charge in [0.25, 0.3) is 5.91 Å². The molecule has 1 atom stereocenters. The maximum atomic E-state index is 12.1. The molecule has 0 radical (unpaired) electrons. The number of carbonyl (C=O) groups excluding carboxylic acids is 3. The smallest absolute Gasteiger partial charge is 0.339 e. The first kappa shape index (κ1) is 20.8. The highest BCUT2D eigenvalue weighted by Gasteiger charge is 2.18. The van der Waals surface area contributed by atoms with Gasteiger partial charge < -0.3 is 14.8 Å². The van der Waals surface area contributed by atoms with Crippen molar-refractivity contribution < 1.29 is 23.9 Å². The predicted octanol–water partition coefficient (Wildman–Crippen LogP) is 3.79. The summed E-state index contributed by atoms with van der Waals surface area (Å²) in [6, 6.07) is 13.5. The van der Waals surface area contributed by atoms with Crippen molar-refractivity contribution in [3.63, 3.8) is 0 Å². The predicted molar refractivity (Wildman–Crippen MR) is 104 cm³/mol. The lowest BCUT2D eigenvalue weighted by molar-refractivity contribution is -0.146. The third kappa shape index (κ3) is 6.30. The summed E-state index contributed by atoms with van der Waals surface area (Å²) in [7, 11) is 1.25. The molecule has 0 fully saturated rings. The van der Waals surface area contributed by atoms with Gasteiger partial charge in [-0.2, -0.15) is 0 Å². The van der Waals surface area contributed by atoms with E-state index in [1.54, 1.807) is 49.4 Å². The Balaban J connectivity index is 1.87. The van der Waals surface area contributed by atoms with Gasteiger partial charge in [0.1, 0.15) is 5.25 Å². The molecule has 6 nitrogen and oxygen atoms in total. The molecular formula is C19H18ClNO5S. The fourth-order valence-corrected chi connectivity index (χ4v) is 3.08. The van der Waals surface area contributed by atoms with Crippen molar-refractivity contribution in [3.8, 4) is 0 Å². The van der Waals surface area contributed by atoms with Gasteiger partial charge in [0, 0.05) is 9.92 Å². The van der Waals surface area contributed by atoms with E-state index >= 15 is 0 Å². The minimum Gasteiger partial charge on any atom is -0.465 e. The standard InChI is InChI=1S/C19H18ClNO5S/c1-12(27-14-9-7-13(20)8-10-14)18(23)26-11-17(22)21-16-6-4-3-5-15(16)19(24)25-2/h3-10,12H,11H2,1-2H3,(H,21,22)/t12-/m0/s1. The molecule has 0 saturated carbocycles. The number of halogens is 1. The SMILES string of the molecule is COC(=O)c1ccccc1NC(=O)COC(=O)[C@H](C)Sc1ccc(Cl)cc1. The molecule has 0 heterocycles. The van der Waals surface area contributed by atoms with Crippen molar-refractivity contribution in [1.82, 2.24) is 0 Å². The van der Waals surface area contributed by atoms with E-state index in [9.17, 15) is 14.4 Å². The zero-order valence-electron chi connectivity index (χ0n) is 14.7. The molecule has 0 aliphatic carbocycles. The van der Waals surface area contributed by atoms with Gasteiger partial charge in [-0.15, -0.1) is 11.8 Å². The lowest BCUT2D eigenvalue weighted by atomic mass is 10.2. The van der Waals surface area contributed by atoms with E-state index in [0.29, 0.717) is 5.02 Å². The minimum absolute atomic E-state index is 0.214. The first-order chi connectivity index (χ1) is 12.9. The molecule has 142 valence electrons. The van der Waals surface area contributed by atoms with Gasteiger partial charge in [0.05, 0.1) is 18.4 Å². The highest BCUT2D eigenvalue weighted by Crippen LogP contribution is 2.25. The largest absolute Gasteiger partial charge is 0.465 e. The summed E-state index contributed by atoms with van der Waals surface area (Å²) in [6.07, 6.45) is 0. The zero-order chi connectivity index (χ0) is 19.8. The molecule has 1 N–H and O–H groups in total. The molecule has 0 saturated heterocycles. The summed E-state index contributed by atoms with van der Waals surface area (Å²) in [5.41, 5.74) is 0.500. The number of hydrogen-bond acceptors (Lipinski definition) is 6. The number of methoxy groups -OCH3 is 1. The quantitative estimate of drug-likeness (QED) is 0.555. The highest BCUT2D eigenvalue weighted by atomic mass is 35.5. The highest BCUT2D eigenvalue weighted by molar-refractivity contribution is 8.00. The van der Waals surface area contributed by atoms with E-state index in [1.807, 2.05) is 0 Å². The minimum atomic E-state index is -0.573. The molecule has 2 aromatic carbocycles. The molecule has 0 unspecified atom stereocenters. The Hall–Kier alpha value is -2.51. The fraction of sp³-hybridized carbons (Fsp3) is 0.211. The van der Waals surface area contributed by atoms with Crippen molar-refractivity contribution in [2.24, 2.45) is 0 Å². The second-order valence-electron chi connectivity index (χ2n) is 5.41. The summed E-state index contributed by atoms with van der Waals surface area (Å²) in [4.78, 5) is 36.7. The van der Waals surface area contributed by atoms with E-state index in [0.717, 1.165) is 4.90 Å². The molecule has 0 aliphatic heterocycles. The van der Waals surface area contributed by atoms with E-state index in [1.165, 1.54) is 24.9 Å². The number of thioether (sulfide) groups is 1. The van der Waals surface area contributed by atoms with Gasteiger partial charge in [-0.05, 0) is 43.3 Å². The number of ether oxygens (including phenoxy) is 2. The Kier molecular flexibility index (Phi) is 7.69. The van der Waals surface area contributed by atoms with Crippen LogP contribution >= 0.6 is 23.4 Å². The summed E-state index contributed by atoms with van der Waals surface area (Å²) >= 11 is 7.13. The number of benzene rings is 2. The van der Waals surface area contributed by atoms with Crippen molar-refractivity contribution in [1.29, 1.82) is 0 Å².